The van der Waals surface area contributed by atoms with E-state index in [1.54, 1.807) is 47.7 Å². The molecule has 1 aromatic heterocycles. The van der Waals surface area contributed by atoms with Crippen LogP contribution in [0.4, 0.5) is 5.69 Å². The number of thiazole rings is 1. The third-order valence-electron chi connectivity index (χ3n) is 4.07. The Kier molecular flexibility index (Phi) is 5.50. The molecule has 6 heteroatoms. The normalized spacial score (nSPS) is 10.7. The molecule has 0 spiro atoms. The van der Waals surface area contributed by atoms with E-state index in [2.05, 4.69) is 10.3 Å². The van der Waals surface area contributed by atoms with Gasteiger partial charge in [0.25, 0.3) is 0 Å². The first kappa shape index (κ1) is 18.4. The molecule has 0 aliphatic rings. The molecule has 0 fully saturated rings. The SMILES string of the molecule is O=C(CSc1nc2ccccc2s1)Nc1ccc(C(=O)c2ccccc2)cc1. The quantitative estimate of drug-likeness (QED) is 0.352. The topological polar surface area (TPSA) is 59.1 Å². The van der Waals surface area contributed by atoms with Crippen LogP contribution in [0.5, 0.6) is 0 Å². The van der Waals surface area contributed by atoms with Gasteiger partial charge >= 0.3 is 0 Å². The lowest BCUT2D eigenvalue weighted by atomic mass is 10.0. The summed E-state index contributed by atoms with van der Waals surface area (Å²) in [7, 11) is 0. The molecule has 1 N–H and O–H groups in total. The van der Waals surface area contributed by atoms with Gasteiger partial charge in [-0.15, -0.1) is 11.3 Å². The molecule has 1 amide bonds. The maximum absolute atomic E-state index is 12.4. The van der Waals surface area contributed by atoms with E-state index >= 15 is 0 Å². The van der Waals surface area contributed by atoms with Gasteiger partial charge in [0.1, 0.15) is 0 Å². The minimum absolute atomic E-state index is 0.0372. The van der Waals surface area contributed by atoms with Crippen LogP contribution < -0.4 is 5.32 Å². The number of carbonyl (C=O) groups is 2. The number of aromatic nitrogens is 1. The average Bonchev–Trinajstić information content (AvgIpc) is 3.16. The molecule has 4 aromatic rings. The van der Waals surface area contributed by atoms with Crippen molar-refractivity contribution in [2.24, 2.45) is 0 Å². The Balaban J connectivity index is 1.34. The van der Waals surface area contributed by atoms with Gasteiger partial charge in [-0.2, -0.15) is 0 Å². The highest BCUT2D eigenvalue weighted by molar-refractivity contribution is 8.01. The van der Waals surface area contributed by atoms with Crippen LogP contribution in [0.1, 0.15) is 15.9 Å². The fourth-order valence-corrected chi connectivity index (χ4v) is 4.57. The summed E-state index contributed by atoms with van der Waals surface area (Å²) in [4.78, 5) is 29.2. The van der Waals surface area contributed by atoms with Gasteiger partial charge in [0, 0.05) is 16.8 Å². The maximum Gasteiger partial charge on any atom is 0.234 e. The summed E-state index contributed by atoms with van der Waals surface area (Å²) >= 11 is 3.00. The fraction of sp³-hybridized carbons (Fsp3) is 0.0455. The van der Waals surface area contributed by atoms with Crippen molar-refractivity contribution in [2.45, 2.75) is 4.34 Å². The molecule has 0 unspecified atom stereocenters. The number of carbonyl (C=O) groups excluding carboxylic acids is 2. The van der Waals surface area contributed by atoms with E-state index in [1.807, 2.05) is 42.5 Å². The number of nitrogens with one attached hydrogen (secondary N) is 1. The zero-order chi connectivity index (χ0) is 19.3. The number of fused-ring (bicyclic) bond motifs is 1. The molecule has 4 rings (SSSR count). The van der Waals surface area contributed by atoms with Crippen molar-refractivity contribution in [3.63, 3.8) is 0 Å². The molecular weight excluding hydrogens is 388 g/mol. The summed E-state index contributed by atoms with van der Waals surface area (Å²) in [5, 5.41) is 2.86. The summed E-state index contributed by atoms with van der Waals surface area (Å²) < 4.78 is 1.99. The predicted molar refractivity (Wildman–Crippen MR) is 115 cm³/mol. The Morgan fingerprint density at radius 3 is 2.29 bits per heavy atom. The van der Waals surface area contributed by atoms with Crippen molar-refractivity contribution in [1.29, 1.82) is 0 Å². The van der Waals surface area contributed by atoms with Gasteiger partial charge in [-0.25, -0.2) is 4.98 Å². The van der Waals surface area contributed by atoms with Crippen LogP contribution in [0.3, 0.4) is 0 Å². The first-order chi connectivity index (χ1) is 13.7. The van der Waals surface area contributed by atoms with Crippen LogP contribution in [0, 0.1) is 0 Å². The predicted octanol–water partition coefficient (Wildman–Crippen LogP) is 5.26. The number of nitrogens with zero attached hydrogens (tertiary/aromatic N) is 1. The lowest BCUT2D eigenvalue weighted by Gasteiger charge is -2.06. The Labute approximate surface area is 170 Å². The van der Waals surface area contributed by atoms with E-state index in [-0.39, 0.29) is 17.4 Å². The van der Waals surface area contributed by atoms with Crippen molar-refractivity contribution >= 4 is 50.7 Å². The molecule has 138 valence electrons. The largest absolute Gasteiger partial charge is 0.325 e. The maximum atomic E-state index is 12.4. The Hall–Kier alpha value is -2.96. The number of thioether (sulfide) groups is 1. The smallest absolute Gasteiger partial charge is 0.234 e. The van der Waals surface area contributed by atoms with Crippen molar-refractivity contribution in [1.82, 2.24) is 4.98 Å². The van der Waals surface area contributed by atoms with Gasteiger partial charge in [0.05, 0.1) is 16.0 Å². The summed E-state index contributed by atoms with van der Waals surface area (Å²) in [6.45, 7) is 0. The highest BCUT2D eigenvalue weighted by Gasteiger charge is 2.10. The van der Waals surface area contributed by atoms with Crippen LogP contribution in [-0.4, -0.2) is 22.4 Å². The highest BCUT2D eigenvalue weighted by Crippen LogP contribution is 2.29. The van der Waals surface area contributed by atoms with Crippen molar-refractivity contribution < 1.29 is 9.59 Å². The average molecular weight is 405 g/mol. The number of hydrogen-bond donors (Lipinski definition) is 1. The Morgan fingerprint density at radius 2 is 1.54 bits per heavy atom. The molecule has 4 nitrogen and oxygen atoms in total. The minimum atomic E-state index is -0.105. The van der Waals surface area contributed by atoms with Gasteiger partial charge in [0.15, 0.2) is 10.1 Å². The van der Waals surface area contributed by atoms with E-state index in [0.717, 1.165) is 14.6 Å². The molecule has 0 saturated heterocycles. The number of ketones is 1. The monoisotopic (exact) mass is 404 g/mol. The molecular formula is C22H16N2O2S2. The number of anilines is 1. The van der Waals surface area contributed by atoms with E-state index in [9.17, 15) is 9.59 Å². The molecule has 0 aliphatic heterocycles. The van der Waals surface area contributed by atoms with Gasteiger partial charge < -0.3 is 5.32 Å². The zero-order valence-electron chi connectivity index (χ0n) is 14.8. The third-order valence-corrected chi connectivity index (χ3v) is 6.25. The molecule has 3 aromatic carbocycles. The van der Waals surface area contributed by atoms with Crippen LogP contribution in [0.25, 0.3) is 10.2 Å². The second kappa shape index (κ2) is 8.37. The van der Waals surface area contributed by atoms with Crippen molar-refractivity contribution in [2.75, 3.05) is 11.1 Å². The third kappa shape index (κ3) is 4.30. The summed E-state index contributed by atoms with van der Waals surface area (Å²) in [5.41, 5.74) is 2.85. The van der Waals surface area contributed by atoms with Crippen molar-refractivity contribution in [3.05, 3.63) is 90.0 Å². The minimum Gasteiger partial charge on any atom is -0.325 e. The lowest BCUT2D eigenvalue weighted by molar-refractivity contribution is -0.113. The summed E-state index contributed by atoms with van der Waals surface area (Å²) in [6.07, 6.45) is 0. The number of benzene rings is 3. The highest BCUT2D eigenvalue weighted by atomic mass is 32.2. The molecule has 1 heterocycles. The van der Waals surface area contributed by atoms with Gasteiger partial charge in [-0.05, 0) is 36.4 Å². The van der Waals surface area contributed by atoms with Crippen molar-refractivity contribution in [3.8, 4) is 0 Å². The van der Waals surface area contributed by atoms with E-state index < -0.39 is 0 Å². The summed E-state index contributed by atoms with van der Waals surface area (Å²) in [6, 6.07) is 24.0. The van der Waals surface area contributed by atoms with E-state index in [4.69, 9.17) is 0 Å². The van der Waals surface area contributed by atoms with Crippen LogP contribution >= 0.6 is 23.1 Å². The van der Waals surface area contributed by atoms with Gasteiger partial charge in [-0.1, -0.05) is 54.2 Å². The van der Waals surface area contributed by atoms with Crippen LogP contribution in [0.15, 0.2) is 83.2 Å². The number of para-hydroxylation sites is 1. The molecule has 0 aliphatic carbocycles. The second-order valence-corrected chi connectivity index (χ2v) is 8.31. The fourth-order valence-electron chi connectivity index (χ4n) is 2.70. The molecule has 0 radical (unpaired) electrons. The number of hydrogen-bond acceptors (Lipinski definition) is 5. The molecule has 28 heavy (non-hydrogen) atoms. The van der Waals surface area contributed by atoms with Gasteiger partial charge in [-0.3, -0.25) is 9.59 Å². The number of rotatable bonds is 6. The van der Waals surface area contributed by atoms with Gasteiger partial charge in [0.2, 0.25) is 5.91 Å². The summed E-state index contributed by atoms with van der Waals surface area (Å²) in [5.74, 6) is 0.140. The van der Waals surface area contributed by atoms with Crippen LogP contribution in [-0.2, 0) is 4.79 Å². The Morgan fingerprint density at radius 1 is 0.857 bits per heavy atom. The standard InChI is InChI=1S/C22H16N2O2S2/c25-20(14-27-22-24-18-8-4-5-9-19(18)28-22)23-17-12-10-16(11-13-17)21(26)15-6-2-1-3-7-15/h1-13H,14H2,(H,23,25). The first-order valence-corrected chi connectivity index (χ1v) is 10.5. The molecule has 0 atom stereocenters. The number of amides is 1. The van der Waals surface area contributed by atoms with Crippen LogP contribution in [0.2, 0.25) is 0 Å². The Bertz CT molecular complexity index is 1090. The van der Waals surface area contributed by atoms with E-state index in [0.29, 0.717) is 16.8 Å². The first-order valence-electron chi connectivity index (χ1n) is 8.67. The molecule has 0 bridgehead atoms. The van der Waals surface area contributed by atoms with E-state index in [1.165, 1.54) is 11.8 Å². The molecule has 0 saturated carbocycles. The zero-order valence-corrected chi connectivity index (χ0v) is 16.4. The lowest BCUT2D eigenvalue weighted by Crippen LogP contribution is -2.14. The second-order valence-electron chi connectivity index (χ2n) is 6.06.